The van der Waals surface area contributed by atoms with E-state index in [9.17, 15) is 20.2 Å². The number of imidazole rings is 2. The molecule has 20 heteroatoms. The third-order valence-electron chi connectivity index (χ3n) is 7.43. The highest BCUT2D eigenvalue weighted by Crippen LogP contribution is 2.29. The third kappa shape index (κ3) is 10.9. The Hall–Kier alpha value is -5.21. The lowest BCUT2D eigenvalue weighted by molar-refractivity contribution is -0.385. The summed E-state index contributed by atoms with van der Waals surface area (Å²) in [5.74, 6) is 2.35. The molecule has 0 atom stereocenters. The van der Waals surface area contributed by atoms with Crippen LogP contribution in [0.5, 0.6) is 0 Å². The fourth-order valence-electron chi connectivity index (χ4n) is 4.72. The maximum atomic E-state index is 11.1. The first-order valence-corrected chi connectivity index (χ1v) is 18.5. The zero-order valence-corrected chi connectivity index (χ0v) is 32.5. The van der Waals surface area contributed by atoms with Crippen LogP contribution in [0.15, 0.2) is 77.5 Å². The maximum absolute atomic E-state index is 11.1. The van der Waals surface area contributed by atoms with Crippen molar-refractivity contribution in [3.05, 3.63) is 121 Å². The molecule has 6 aromatic rings. The lowest BCUT2D eigenvalue weighted by Crippen LogP contribution is -2.04. The number of aryl methyl sites for hydroxylation is 4. The molecule has 16 nitrogen and oxygen atoms in total. The van der Waals surface area contributed by atoms with Crippen LogP contribution in [0.4, 0.5) is 11.4 Å². The van der Waals surface area contributed by atoms with Gasteiger partial charge in [-0.25, -0.2) is 29.9 Å². The molecule has 0 spiro atoms. The fraction of sp³-hybridized carbons (Fsp3) is 0.235. The summed E-state index contributed by atoms with van der Waals surface area (Å²) in [5.41, 5.74) is 6.75. The third-order valence-corrected chi connectivity index (χ3v) is 9.53. The average molecular weight is 791 g/mol. The van der Waals surface area contributed by atoms with E-state index in [4.69, 9.17) is 21.6 Å². The van der Waals surface area contributed by atoms with Gasteiger partial charge in [-0.05, 0) is 44.9 Å². The van der Waals surface area contributed by atoms with Gasteiger partial charge in [0.2, 0.25) is 0 Å². The van der Waals surface area contributed by atoms with Crippen molar-refractivity contribution >= 4 is 82.0 Å². The van der Waals surface area contributed by atoms with Crippen LogP contribution in [0, 0.1) is 34.1 Å². The van der Waals surface area contributed by atoms with Gasteiger partial charge < -0.3 is 19.2 Å². The summed E-state index contributed by atoms with van der Waals surface area (Å²) in [6.07, 6.45) is 8.73. The Morgan fingerprint density at radius 2 is 1.26 bits per heavy atom. The number of aromatic nitrogens is 8. The van der Waals surface area contributed by atoms with E-state index in [1.807, 2.05) is 49.9 Å². The number of hydrogen-bond donors (Lipinski definition) is 2. The van der Waals surface area contributed by atoms with E-state index in [1.54, 1.807) is 68.3 Å². The first kappa shape index (κ1) is 41.5. The molecule has 0 bridgehead atoms. The van der Waals surface area contributed by atoms with Crippen LogP contribution in [0.1, 0.15) is 41.8 Å². The van der Waals surface area contributed by atoms with Gasteiger partial charge in [0.1, 0.15) is 11.0 Å². The van der Waals surface area contributed by atoms with E-state index in [2.05, 4.69) is 29.9 Å². The average Bonchev–Trinajstić information content (AvgIpc) is 3.70. The molecule has 54 heavy (non-hydrogen) atoms. The molecule has 0 aliphatic heterocycles. The van der Waals surface area contributed by atoms with Crippen LogP contribution in [0.3, 0.4) is 0 Å². The van der Waals surface area contributed by atoms with Gasteiger partial charge in [-0.15, -0.1) is 0 Å². The maximum Gasteiger partial charge on any atom is 0.480 e. The molecule has 6 rings (SSSR count). The molecule has 4 aromatic heterocycles. The predicted molar refractivity (Wildman–Crippen MR) is 212 cm³/mol. The van der Waals surface area contributed by atoms with Crippen molar-refractivity contribution in [3.8, 4) is 0 Å². The molecular weight excluding hydrogens is 755 g/mol. The summed E-state index contributed by atoms with van der Waals surface area (Å²) in [6.45, 7) is 7.10. The van der Waals surface area contributed by atoms with Crippen molar-refractivity contribution in [2.45, 2.75) is 49.5 Å². The molecule has 0 unspecified atom stereocenters. The Morgan fingerprint density at radius 1 is 0.778 bits per heavy atom. The Bertz CT molecular complexity index is 2350. The van der Waals surface area contributed by atoms with Gasteiger partial charge in [0.25, 0.3) is 11.4 Å². The number of hydrogen-bond acceptors (Lipinski definition) is 14. The number of fused-ring (bicyclic) bond motifs is 2. The summed E-state index contributed by atoms with van der Waals surface area (Å²) < 4.78 is 3.62. The first-order valence-electron chi connectivity index (χ1n) is 16.1. The van der Waals surface area contributed by atoms with Crippen molar-refractivity contribution in [1.82, 2.24) is 39.0 Å². The first-order chi connectivity index (χ1) is 25.7. The van der Waals surface area contributed by atoms with Crippen molar-refractivity contribution in [3.63, 3.8) is 0 Å². The Balaban J connectivity index is 0.000000210. The van der Waals surface area contributed by atoms with Crippen LogP contribution in [-0.4, -0.2) is 66.1 Å². The van der Waals surface area contributed by atoms with E-state index in [1.165, 1.54) is 29.5 Å². The predicted octanol–water partition coefficient (Wildman–Crippen LogP) is 7.01. The SMILES string of the molecule is C/C=C/B(O)O.C/C=C/c1nc(SCc2ccc(C)c([N+](=O)[O-])c2)nc2c1ncn2C.Cc1ccc(CSc2nc(Cl)c3ncn(C)c3n2)cc1[N+](=O)[O-]. The molecule has 0 fully saturated rings. The highest BCUT2D eigenvalue weighted by molar-refractivity contribution is 7.98. The van der Waals surface area contributed by atoms with Crippen molar-refractivity contribution in [1.29, 1.82) is 0 Å². The lowest BCUT2D eigenvalue weighted by Gasteiger charge is -2.05. The number of nitro benzene ring substituents is 2. The summed E-state index contributed by atoms with van der Waals surface area (Å²) in [4.78, 5) is 47.6. The number of halogens is 1. The van der Waals surface area contributed by atoms with Gasteiger partial charge in [0.05, 0.1) is 28.2 Å². The van der Waals surface area contributed by atoms with Crippen LogP contribution < -0.4 is 0 Å². The van der Waals surface area contributed by atoms with Crippen molar-refractivity contribution in [2.24, 2.45) is 14.1 Å². The molecule has 280 valence electrons. The van der Waals surface area contributed by atoms with Gasteiger partial charge in [-0.1, -0.05) is 77.5 Å². The minimum Gasteiger partial charge on any atom is -0.424 e. The minimum absolute atomic E-state index is 0.115. The van der Waals surface area contributed by atoms with Crippen LogP contribution in [-0.2, 0) is 25.6 Å². The topological polar surface area (TPSA) is 214 Å². The molecule has 0 saturated carbocycles. The monoisotopic (exact) mass is 790 g/mol. The molecule has 0 aliphatic rings. The number of nitro groups is 2. The molecular formula is C34H36BClN10O6S2. The second-order valence-corrected chi connectivity index (χ2v) is 13.8. The number of thioether (sulfide) groups is 2. The van der Waals surface area contributed by atoms with E-state index in [0.717, 1.165) is 28.0 Å². The summed E-state index contributed by atoms with van der Waals surface area (Å²) in [6, 6.07) is 10.4. The van der Waals surface area contributed by atoms with E-state index >= 15 is 0 Å². The number of nitrogens with zero attached hydrogens (tertiary/aromatic N) is 10. The van der Waals surface area contributed by atoms with E-state index < -0.39 is 7.12 Å². The van der Waals surface area contributed by atoms with E-state index in [-0.39, 0.29) is 21.2 Å². The van der Waals surface area contributed by atoms with Crippen LogP contribution >= 0.6 is 35.1 Å². The van der Waals surface area contributed by atoms with Crippen LogP contribution in [0.2, 0.25) is 5.15 Å². The van der Waals surface area contributed by atoms with E-state index in [0.29, 0.717) is 49.3 Å². The molecule has 0 aliphatic carbocycles. The Kier molecular flexibility index (Phi) is 14.8. The van der Waals surface area contributed by atoms with Gasteiger partial charge >= 0.3 is 7.12 Å². The largest absolute Gasteiger partial charge is 0.480 e. The normalized spacial score (nSPS) is 11.1. The zero-order chi connectivity index (χ0) is 39.5. The Labute approximate surface area is 323 Å². The smallest absolute Gasteiger partial charge is 0.424 e. The number of rotatable bonds is 10. The number of allylic oxidation sites excluding steroid dienone is 2. The summed E-state index contributed by atoms with van der Waals surface area (Å²) >= 11 is 8.93. The number of benzene rings is 2. The zero-order valence-electron chi connectivity index (χ0n) is 30.1. The molecule has 2 N–H and O–H groups in total. The highest BCUT2D eigenvalue weighted by Gasteiger charge is 2.15. The fourth-order valence-corrected chi connectivity index (χ4v) is 6.55. The van der Waals surface area contributed by atoms with Gasteiger partial charge in [-0.3, -0.25) is 20.2 Å². The summed E-state index contributed by atoms with van der Waals surface area (Å²) in [7, 11) is 2.44. The summed E-state index contributed by atoms with van der Waals surface area (Å²) in [5, 5.41) is 39.5. The highest BCUT2D eigenvalue weighted by atomic mass is 35.5. The molecule has 0 saturated heterocycles. The van der Waals surface area contributed by atoms with Gasteiger partial charge in [0, 0.05) is 48.9 Å². The van der Waals surface area contributed by atoms with Gasteiger partial charge in [-0.2, -0.15) is 0 Å². The molecule has 0 radical (unpaired) electrons. The Morgan fingerprint density at radius 3 is 1.70 bits per heavy atom. The van der Waals surface area contributed by atoms with Crippen molar-refractivity contribution < 1.29 is 19.9 Å². The molecule has 4 heterocycles. The molecule has 2 aromatic carbocycles. The lowest BCUT2D eigenvalue weighted by atomic mass is 9.92. The molecule has 0 amide bonds. The van der Waals surface area contributed by atoms with Crippen LogP contribution in [0.25, 0.3) is 28.4 Å². The second kappa shape index (κ2) is 19.2. The minimum atomic E-state index is -1.28. The van der Waals surface area contributed by atoms with Gasteiger partial charge in [0.15, 0.2) is 26.8 Å². The van der Waals surface area contributed by atoms with Crippen molar-refractivity contribution in [2.75, 3.05) is 0 Å². The second-order valence-electron chi connectivity index (χ2n) is 11.5. The quantitative estimate of drug-likeness (QED) is 0.0357. The standard InChI is InChI=1S/C17H17N5O2S.C14H12ClN5O2S.C3H7BO2/c1-4-5-13-15-16(21(3)10-18-15)20-17(19-13)25-9-12-7-6-11(2)14(8-12)22(23)24;1-8-3-4-9(5-10(8)20(21)22)6-23-14-17-12(15)11-13(18-14)19(2)7-16-11;1-2-3-4(5)6/h4-8,10H,9H2,1-3H3;3-5,7H,6H2,1-2H3;2-3,5-6H,1H3/b5-4+;;3-2+.